The van der Waals surface area contributed by atoms with Gasteiger partial charge in [-0.1, -0.05) is 13.8 Å². The third-order valence-electron chi connectivity index (χ3n) is 1.10. The van der Waals surface area contributed by atoms with E-state index in [2.05, 4.69) is 8.57 Å². The summed E-state index contributed by atoms with van der Waals surface area (Å²) in [6, 6.07) is 0. The largest absolute Gasteiger partial charge is 0.305 e. The Kier molecular flexibility index (Phi) is 10.1. The number of rotatable bonds is 10. The fourth-order valence-corrected chi connectivity index (χ4v) is 3.03. The molecule has 0 unspecified atom stereocenters. The molecule has 14 heteroatoms. The zero-order valence-corrected chi connectivity index (χ0v) is 12.4. The molecule has 0 saturated carbocycles. The Labute approximate surface area is 120 Å². The van der Waals surface area contributed by atoms with Crippen LogP contribution in [0.4, 0.5) is 0 Å². The van der Waals surface area contributed by atoms with Crippen molar-refractivity contribution in [3.63, 3.8) is 0 Å². The number of hydrogen-bond acceptors (Lipinski definition) is 10. The number of carbonyl (C=O) groups excluding carboxylic acids is 4. The third kappa shape index (κ3) is 9.61. The van der Waals surface area contributed by atoms with E-state index in [1.165, 1.54) is 0 Å². The van der Waals surface area contributed by atoms with Gasteiger partial charge in [0.2, 0.25) is 30.7 Å². The van der Waals surface area contributed by atoms with E-state index in [9.17, 15) is 36.0 Å². The van der Waals surface area contributed by atoms with Crippen LogP contribution in [-0.2, 0) is 48.0 Å². The molecule has 0 spiro atoms. The molecule has 0 atom stereocenters. The quantitative estimate of drug-likeness (QED) is 0.310. The lowest BCUT2D eigenvalue weighted by molar-refractivity contribution is -0.153. The predicted octanol–water partition coefficient (Wildman–Crippen LogP) is -2.28. The number of amides is 4. The normalized spacial score (nSPS) is 10.6. The van der Waals surface area contributed by atoms with Crippen molar-refractivity contribution in [2.75, 3.05) is 5.08 Å². The monoisotopic (exact) mass is 348 g/mol. The minimum Gasteiger partial charge on any atom is -0.276 e. The van der Waals surface area contributed by atoms with Crippen molar-refractivity contribution in [2.24, 2.45) is 0 Å². The second-order valence-electron chi connectivity index (χ2n) is 2.52. The van der Waals surface area contributed by atoms with Crippen LogP contribution in [-0.4, -0.2) is 57.7 Å². The van der Waals surface area contributed by atoms with Crippen LogP contribution < -0.4 is 0 Å². The summed E-state index contributed by atoms with van der Waals surface area (Å²) in [6.45, 7) is 4.00. The summed E-state index contributed by atoms with van der Waals surface area (Å²) in [5.41, 5.74) is 0. The van der Waals surface area contributed by atoms with Crippen LogP contribution in [0, 0.1) is 0 Å². The molecule has 0 aliphatic rings. The van der Waals surface area contributed by atoms with Gasteiger partial charge in [0.1, 0.15) is 0 Å². The standard InChI is InChI=1S/C5H6N2O10S2.C2H6/c8-1-6(2-9)16-18(12,13)5-19(14,15)17-7(3-10)4-11;1-2/h1-4H,5H2;1-2H3. The Bertz CT molecular complexity index is 488. The Balaban J connectivity index is 0. The molecule has 0 aromatic heterocycles. The maximum atomic E-state index is 11.1. The van der Waals surface area contributed by atoms with Gasteiger partial charge in [0, 0.05) is 0 Å². The first kappa shape index (κ1) is 21.4. The minimum atomic E-state index is -4.93. The molecule has 21 heavy (non-hydrogen) atoms. The van der Waals surface area contributed by atoms with Gasteiger partial charge >= 0.3 is 20.2 Å². The van der Waals surface area contributed by atoms with Crippen molar-refractivity contribution in [1.29, 1.82) is 0 Å². The van der Waals surface area contributed by atoms with E-state index in [0.29, 0.717) is 0 Å². The fraction of sp³-hybridized carbons (Fsp3) is 0.429. The van der Waals surface area contributed by atoms with E-state index in [-0.39, 0.29) is 35.8 Å². The van der Waals surface area contributed by atoms with Gasteiger partial charge in [-0.15, -0.1) is 18.7 Å². The molecule has 0 fully saturated rings. The van der Waals surface area contributed by atoms with Gasteiger partial charge < -0.3 is 0 Å². The highest BCUT2D eigenvalue weighted by Crippen LogP contribution is 2.04. The molecule has 0 aromatic rings. The van der Waals surface area contributed by atoms with Crippen molar-refractivity contribution in [3.05, 3.63) is 0 Å². The zero-order chi connectivity index (χ0) is 17.1. The summed E-state index contributed by atoms with van der Waals surface area (Å²) in [6.07, 6.45) is -1.38. The first-order valence-corrected chi connectivity index (χ1v) is 8.07. The van der Waals surface area contributed by atoms with Crippen LogP contribution in [0.5, 0.6) is 0 Å². The predicted molar refractivity (Wildman–Crippen MR) is 64.2 cm³/mol. The van der Waals surface area contributed by atoms with E-state index < -0.39 is 25.3 Å². The summed E-state index contributed by atoms with van der Waals surface area (Å²) in [7, 11) is -9.87. The molecule has 122 valence electrons. The summed E-state index contributed by atoms with van der Waals surface area (Å²) < 4.78 is 51.9. The fourth-order valence-electron chi connectivity index (χ4n) is 0.602. The van der Waals surface area contributed by atoms with Crippen LogP contribution >= 0.6 is 0 Å². The van der Waals surface area contributed by atoms with E-state index in [1.807, 2.05) is 13.8 Å². The second kappa shape index (κ2) is 9.92. The molecule has 0 rings (SSSR count). The van der Waals surface area contributed by atoms with Crippen LogP contribution in [0.15, 0.2) is 0 Å². The number of nitrogens with zero attached hydrogens (tertiary/aromatic N) is 2. The maximum absolute atomic E-state index is 11.1. The van der Waals surface area contributed by atoms with Crippen LogP contribution in [0.25, 0.3) is 0 Å². The van der Waals surface area contributed by atoms with Gasteiger partial charge in [0.15, 0.2) is 0 Å². The molecule has 0 aromatic carbocycles. The van der Waals surface area contributed by atoms with E-state index in [1.54, 1.807) is 0 Å². The first-order valence-electron chi connectivity index (χ1n) is 4.92. The molecular weight excluding hydrogens is 336 g/mol. The van der Waals surface area contributed by atoms with Crippen LogP contribution in [0.1, 0.15) is 13.8 Å². The average Bonchev–Trinajstić information content (AvgIpc) is 2.43. The molecule has 12 nitrogen and oxygen atoms in total. The summed E-state index contributed by atoms with van der Waals surface area (Å²) in [4.78, 5) is 40.3. The van der Waals surface area contributed by atoms with E-state index in [0.717, 1.165) is 0 Å². The highest BCUT2D eigenvalue weighted by molar-refractivity contribution is 8.03. The van der Waals surface area contributed by atoms with Gasteiger partial charge in [-0.2, -0.15) is 16.8 Å². The SMILES string of the molecule is CC.O=CN(C=O)OS(=O)(=O)CS(=O)(=O)ON(C=O)C=O. The average molecular weight is 348 g/mol. The van der Waals surface area contributed by atoms with Gasteiger partial charge in [-0.25, -0.2) is 0 Å². The number of hydroxylamine groups is 4. The Morgan fingerprint density at radius 2 is 0.952 bits per heavy atom. The molecule has 0 heterocycles. The Morgan fingerprint density at radius 1 is 0.714 bits per heavy atom. The number of imide groups is 2. The molecule has 0 bridgehead atoms. The Morgan fingerprint density at radius 3 is 1.14 bits per heavy atom. The van der Waals surface area contributed by atoms with Crippen molar-refractivity contribution in [3.8, 4) is 0 Å². The van der Waals surface area contributed by atoms with Gasteiger partial charge in [-0.05, 0) is 0 Å². The summed E-state index contributed by atoms with van der Waals surface area (Å²) in [5.74, 6) is 0. The summed E-state index contributed by atoms with van der Waals surface area (Å²) >= 11 is 0. The van der Waals surface area contributed by atoms with Gasteiger partial charge in [0.25, 0.3) is 0 Å². The maximum Gasteiger partial charge on any atom is 0.305 e. The topological polar surface area (TPSA) is 161 Å². The molecule has 4 amide bonds. The minimum absolute atomic E-state index is 0.346. The van der Waals surface area contributed by atoms with Crippen molar-refractivity contribution in [1.82, 2.24) is 10.1 Å². The smallest absolute Gasteiger partial charge is 0.276 e. The molecular formula is C7H12N2O10S2. The highest BCUT2D eigenvalue weighted by Gasteiger charge is 2.29. The Hall–Kier alpha value is -1.90. The molecule has 0 aliphatic heterocycles. The first-order chi connectivity index (χ1) is 9.69. The van der Waals surface area contributed by atoms with Crippen molar-refractivity contribution in [2.45, 2.75) is 13.8 Å². The number of hydrogen-bond donors (Lipinski definition) is 0. The zero-order valence-electron chi connectivity index (χ0n) is 10.8. The van der Waals surface area contributed by atoms with Gasteiger partial charge in [0.05, 0.1) is 0 Å². The molecule has 0 radical (unpaired) electrons. The van der Waals surface area contributed by atoms with E-state index in [4.69, 9.17) is 0 Å². The summed E-state index contributed by atoms with van der Waals surface area (Å²) in [5, 5.41) is -2.57. The van der Waals surface area contributed by atoms with Crippen LogP contribution in [0.2, 0.25) is 0 Å². The lowest BCUT2D eigenvalue weighted by atomic mass is 11.0. The molecule has 0 aliphatic carbocycles. The molecule has 0 N–H and O–H groups in total. The van der Waals surface area contributed by atoms with Gasteiger partial charge in [-0.3, -0.25) is 19.2 Å². The third-order valence-corrected chi connectivity index (χ3v) is 4.21. The van der Waals surface area contributed by atoms with Crippen molar-refractivity contribution < 1.29 is 44.6 Å². The lowest BCUT2D eigenvalue weighted by Crippen LogP contribution is -2.32. The molecule has 0 saturated heterocycles. The lowest BCUT2D eigenvalue weighted by Gasteiger charge is -2.11. The van der Waals surface area contributed by atoms with E-state index >= 15 is 0 Å². The highest BCUT2D eigenvalue weighted by atomic mass is 32.3. The number of carbonyl (C=O) groups is 4. The van der Waals surface area contributed by atoms with Crippen molar-refractivity contribution >= 4 is 45.9 Å². The van der Waals surface area contributed by atoms with Crippen LogP contribution in [0.3, 0.4) is 0 Å². The second-order valence-corrected chi connectivity index (χ2v) is 6.00.